The van der Waals surface area contributed by atoms with E-state index in [1.165, 1.54) is 4.90 Å². The summed E-state index contributed by atoms with van der Waals surface area (Å²) < 4.78 is 5.35. The summed E-state index contributed by atoms with van der Waals surface area (Å²) in [7, 11) is 0. The van der Waals surface area contributed by atoms with E-state index in [4.69, 9.17) is 15.1 Å². The van der Waals surface area contributed by atoms with Crippen LogP contribution in [-0.2, 0) is 9.59 Å². The van der Waals surface area contributed by atoms with Gasteiger partial charge in [0.1, 0.15) is 18.4 Å². The Balaban J connectivity index is 1.94. The summed E-state index contributed by atoms with van der Waals surface area (Å²) in [6, 6.07) is 8.59. The lowest BCUT2D eigenvalue weighted by molar-refractivity contribution is -0.145. The largest absolute Gasteiger partial charge is 0.482 e. The highest BCUT2D eigenvalue weighted by molar-refractivity contribution is 5.82. The summed E-state index contributed by atoms with van der Waals surface area (Å²) in [5, 5.41) is 17.8. The highest BCUT2D eigenvalue weighted by Crippen LogP contribution is 2.29. The molecule has 0 spiro atoms. The smallest absolute Gasteiger partial charge is 0.323 e. The molecule has 6 heteroatoms. The third-order valence-electron chi connectivity index (χ3n) is 3.21. The summed E-state index contributed by atoms with van der Waals surface area (Å²) in [5.41, 5.74) is 0.345. The van der Waals surface area contributed by atoms with Crippen molar-refractivity contribution in [3.8, 4) is 11.8 Å². The number of para-hydroxylation sites is 1. The number of aliphatic carboxylic acids is 1. The Morgan fingerprint density at radius 2 is 2.10 bits per heavy atom. The van der Waals surface area contributed by atoms with Gasteiger partial charge in [0.15, 0.2) is 6.61 Å². The summed E-state index contributed by atoms with van der Waals surface area (Å²) >= 11 is 0. The van der Waals surface area contributed by atoms with Crippen molar-refractivity contribution in [1.29, 1.82) is 5.26 Å². The first-order valence-corrected chi connectivity index (χ1v) is 6.71. The molecule has 6 nitrogen and oxygen atoms in total. The Bertz CT molecular complexity index is 575. The van der Waals surface area contributed by atoms with Crippen LogP contribution in [0.15, 0.2) is 24.3 Å². The average molecular weight is 288 g/mol. The predicted molar refractivity (Wildman–Crippen MR) is 73.6 cm³/mol. The Labute approximate surface area is 122 Å². The quantitative estimate of drug-likeness (QED) is 0.815. The summed E-state index contributed by atoms with van der Waals surface area (Å²) in [6.07, 6.45) is 2.06. The van der Waals surface area contributed by atoms with Gasteiger partial charge in [-0.25, -0.2) is 0 Å². The first-order chi connectivity index (χ1) is 10.1. The first-order valence-electron chi connectivity index (χ1n) is 6.71. The Morgan fingerprint density at radius 1 is 1.38 bits per heavy atom. The van der Waals surface area contributed by atoms with Gasteiger partial charge in [0.2, 0.25) is 0 Å². The lowest BCUT2D eigenvalue weighted by atomic mass is 10.2. The van der Waals surface area contributed by atoms with Crippen molar-refractivity contribution >= 4 is 11.9 Å². The summed E-state index contributed by atoms with van der Waals surface area (Å²) in [5.74, 6) is -0.687. The molecule has 0 radical (unpaired) electrons. The molecule has 0 atom stereocenters. The van der Waals surface area contributed by atoms with Crippen LogP contribution in [0.2, 0.25) is 0 Å². The van der Waals surface area contributed by atoms with E-state index in [1.54, 1.807) is 24.3 Å². The van der Waals surface area contributed by atoms with Crippen LogP contribution in [0, 0.1) is 17.2 Å². The van der Waals surface area contributed by atoms with Gasteiger partial charge in [0.05, 0.1) is 5.56 Å². The van der Waals surface area contributed by atoms with Crippen molar-refractivity contribution in [2.75, 3.05) is 19.7 Å². The van der Waals surface area contributed by atoms with Crippen molar-refractivity contribution in [3.05, 3.63) is 29.8 Å². The number of rotatable bonds is 7. The molecule has 1 saturated carbocycles. The molecule has 0 aliphatic heterocycles. The second kappa shape index (κ2) is 6.75. The number of amides is 1. The maximum Gasteiger partial charge on any atom is 0.323 e. The molecule has 2 rings (SSSR count). The molecule has 1 aromatic rings. The lowest BCUT2D eigenvalue weighted by Gasteiger charge is -2.20. The molecule has 1 aromatic carbocycles. The molecule has 110 valence electrons. The fourth-order valence-corrected chi connectivity index (χ4v) is 1.95. The zero-order valence-electron chi connectivity index (χ0n) is 11.5. The van der Waals surface area contributed by atoms with Crippen LogP contribution >= 0.6 is 0 Å². The monoisotopic (exact) mass is 288 g/mol. The predicted octanol–water partition coefficient (Wildman–Crippen LogP) is 1.26. The van der Waals surface area contributed by atoms with Gasteiger partial charge in [0, 0.05) is 6.54 Å². The van der Waals surface area contributed by atoms with Gasteiger partial charge in [-0.05, 0) is 30.9 Å². The molecule has 0 heterocycles. The van der Waals surface area contributed by atoms with Crippen molar-refractivity contribution in [2.24, 2.45) is 5.92 Å². The number of hydrogen-bond acceptors (Lipinski definition) is 4. The number of carbonyl (C=O) groups is 2. The van der Waals surface area contributed by atoms with Crippen molar-refractivity contribution in [2.45, 2.75) is 12.8 Å². The fourth-order valence-electron chi connectivity index (χ4n) is 1.95. The number of benzene rings is 1. The van der Waals surface area contributed by atoms with Crippen LogP contribution < -0.4 is 4.74 Å². The molecule has 1 N–H and O–H groups in total. The molecular weight excluding hydrogens is 272 g/mol. The van der Waals surface area contributed by atoms with Crippen LogP contribution in [0.25, 0.3) is 0 Å². The Morgan fingerprint density at radius 3 is 2.71 bits per heavy atom. The highest BCUT2D eigenvalue weighted by atomic mass is 16.5. The maximum atomic E-state index is 12.1. The van der Waals surface area contributed by atoms with E-state index in [2.05, 4.69) is 0 Å². The first kappa shape index (κ1) is 14.9. The molecule has 0 aromatic heterocycles. The van der Waals surface area contributed by atoms with Crippen LogP contribution in [0.3, 0.4) is 0 Å². The van der Waals surface area contributed by atoms with Gasteiger partial charge >= 0.3 is 5.97 Å². The molecule has 21 heavy (non-hydrogen) atoms. The zero-order chi connectivity index (χ0) is 15.2. The fraction of sp³-hybridized carbons (Fsp3) is 0.400. The van der Waals surface area contributed by atoms with Gasteiger partial charge in [-0.15, -0.1) is 0 Å². The van der Waals surface area contributed by atoms with Crippen LogP contribution in [0.5, 0.6) is 5.75 Å². The number of carboxylic acids is 1. The SMILES string of the molecule is N#Cc1ccccc1OCC(=O)N(CC(=O)O)CC1CC1. The van der Waals surface area contributed by atoms with E-state index >= 15 is 0 Å². The standard InChI is InChI=1S/C15H16N2O4/c16-7-12-3-1-2-4-13(12)21-10-14(18)17(9-15(19)20)8-11-5-6-11/h1-4,11H,5-6,8-10H2,(H,19,20). The van der Waals surface area contributed by atoms with E-state index in [0.29, 0.717) is 23.8 Å². The molecule has 0 saturated heterocycles. The lowest BCUT2D eigenvalue weighted by Crippen LogP contribution is -2.40. The van der Waals surface area contributed by atoms with Gasteiger partial charge in [0.25, 0.3) is 5.91 Å². The summed E-state index contributed by atoms with van der Waals surface area (Å²) in [4.78, 5) is 24.2. The molecule has 0 unspecified atom stereocenters. The van der Waals surface area contributed by atoms with E-state index in [-0.39, 0.29) is 19.1 Å². The number of carbonyl (C=O) groups excluding carboxylic acids is 1. The Hall–Kier alpha value is -2.55. The van der Waals surface area contributed by atoms with Gasteiger partial charge in [-0.1, -0.05) is 12.1 Å². The van der Waals surface area contributed by atoms with Crippen LogP contribution in [-0.4, -0.2) is 41.6 Å². The maximum absolute atomic E-state index is 12.1. The minimum Gasteiger partial charge on any atom is -0.482 e. The molecule has 0 bridgehead atoms. The topological polar surface area (TPSA) is 90.6 Å². The molecule has 1 aliphatic carbocycles. The number of ether oxygens (including phenoxy) is 1. The van der Waals surface area contributed by atoms with E-state index in [0.717, 1.165) is 12.8 Å². The third kappa shape index (κ3) is 4.49. The van der Waals surface area contributed by atoms with Gasteiger partial charge < -0.3 is 14.7 Å². The number of carboxylic acid groups (broad SMARTS) is 1. The van der Waals surface area contributed by atoms with Crippen LogP contribution in [0.4, 0.5) is 0 Å². The minimum atomic E-state index is -1.04. The summed E-state index contributed by atoms with van der Waals surface area (Å²) in [6.45, 7) is -0.133. The number of hydrogen-bond donors (Lipinski definition) is 1. The molecular formula is C15H16N2O4. The van der Waals surface area contributed by atoms with Gasteiger partial charge in [-0.2, -0.15) is 5.26 Å². The van der Waals surface area contributed by atoms with Crippen LogP contribution in [0.1, 0.15) is 18.4 Å². The third-order valence-corrected chi connectivity index (χ3v) is 3.21. The van der Waals surface area contributed by atoms with Crippen molar-refractivity contribution in [3.63, 3.8) is 0 Å². The van der Waals surface area contributed by atoms with Crippen molar-refractivity contribution in [1.82, 2.24) is 4.90 Å². The highest BCUT2D eigenvalue weighted by Gasteiger charge is 2.28. The molecule has 1 fully saturated rings. The van der Waals surface area contributed by atoms with E-state index in [1.807, 2.05) is 6.07 Å². The number of nitrogens with zero attached hydrogens (tertiary/aromatic N) is 2. The van der Waals surface area contributed by atoms with E-state index < -0.39 is 5.97 Å². The van der Waals surface area contributed by atoms with E-state index in [9.17, 15) is 9.59 Å². The minimum absolute atomic E-state index is 0.265. The molecule has 1 aliphatic rings. The number of nitriles is 1. The van der Waals surface area contributed by atoms with Gasteiger partial charge in [-0.3, -0.25) is 9.59 Å². The zero-order valence-corrected chi connectivity index (χ0v) is 11.5. The Kier molecular flexibility index (Phi) is 4.77. The second-order valence-corrected chi connectivity index (χ2v) is 5.01. The second-order valence-electron chi connectivity index (χ2n) is 5.01. The van der Waals surface area contributed by atoms with Crippen molar-refractivity contribution < 1.29 is 19.4 Å². The average Bonchev–Trinajstić information content (AvgIpc) is 3.28. The normalized spacial score (nSPS) is 13.3. The molecule has 1 amide bonds.